The molecule has 3 aromatic heterocycles. The molecule has 1 aliphatic rings. The Kier molecular flexibility index (Phi) is 5.17. The molecule has 3 aromatic rings. The first-order valence-electron chi connectivity index (χ1n) is 9.10. The van der Waals surface area contributed by atoms with E-state index in [-0.39, 0.29) is 23.1 Å². The minimum atomic E-state index is -4.50. The molecule has 31 heavy (non-hydrogen) atoms. The summed E-state index contributed by atoms with van der Waals surface area (Å²) in [4.78, 5) is 8.24. The van der Waals surface area contributed by atoms with Crippen LogP contribution in [0.5, 0.6) is 0 Å². The van der Waals surface area contributed by atoms with E-state index in [1.807, 2.05) is 0 Å². The first kappa shape index (κ1) is 21.2. The summed E-state index contributed by atoms with van der Waals surface area (Å²) in [5.41, 5.74) is 0.597. The molecule has 2 unspecified atom stereocenters. The largest absolute Gasteiger partial charge is 0.416 e. The number of aromatic nitrogens is 5. The van der Waals surface area contributed by atoms with E-state index in [4.69, 9.17) is 0 Å². The monoisotopic (exact) mass is 454 g/mol. The topological polar surface area (TPSA) is 123 Å². The number of aliphatic hydroxyl groups is 1. The predicted octanol–water partition coefficient (Wildman–Crippen LogP) is 2.14. The van der Waals surface area contributed by atoms with Crippen LogP contribution in [0.1, 0.15) is 17.2 Å². The van der Waals surface area contributed by atoms with E-state index in [1.54, 1.807) is 19.1 Å². The van der Waals surface area contributed by atoms with Gasteiger partial charge in [0.1, 0.15) is 17.3 Å². The van der Waals surface area contributed by atoms with Crippen LogP contribution in [0, 0.1) is 6.92 Å². The molecule has 0 bridgehead atoms. The second kappa shape index (κ2) is 7.57. The summed E-state index contributed by atoms with van der Waals surface area (Å²) >= 11 is 0. The number of nitrogens with one attached hydrogen (secondary N) is 1. The molecule has 4 rings (SSSR count). The van der Waals surface area contributed by atoms with Crippen molar-refractivity contribution in [3.63, 3.8) is 0 Å². The molecule has 0 spiro atoms. The van der Waals surface area contributed by atoms with Crippen molar-refractivity contribution in [2.75, 3.05) is 16.8 Å². The second-order valence-corrected chi connectivity index (χ2v) is 9.42. The standard InChI is InChI=1S/C18H17F3N6O3S/c1-10-4-12(13-7-27(26-25-13)14-8-31(29,30)9-15(14)28)23-17(5-10)24-16-6-11(2-3-22-16)18(19,20)21/h2-7,14-15,28H,8-9H2,1H3,(H,22,23,24). The number of pyridine rings is 2. The summed E-state index contributed by atoms with van der Waals surface area (Å²) in [7, 11) is -3.36. The highest BCUT2D eigenvalue weighted by atomic mass is 32.2. The lowest BCUT2D eigenvalue weighted by molar-refractivity contribution is -0.137. The minimum Gasteiger partial charge on any atom is -0.390 e. The van der Waals surface area contributed by atoms with Gasteiger partial charge in [-0.05, 0) is 36.8 Å². The first-order chi connectivity index (χ1) is 14.5. The molecule has 0 amide bonds. The lowest BCUT2D eigenvalue weighted by Crippen LogP contribution is -2.22. The summed E-state index contributed by atoms with van der Waals surface area (Å²) in [6.45, 7) is 1.77. The number of alkyl halides is 3. The lowest BCUT2D eigenvalue weighted by atomic mass is 10.2. The summed E-state index contributed by atoms with van der Waals surface area (Å²) in [6, 6.07) is 4.32. The van der Waals surface area contributed by atoms with Gasteiger partial charge in [-0.1, -0.05) is 5.21 Å². The number of rotatable bonds is 4. The fourth-order valence-corrected chi connectivity index (χ4v) is 5.06. The maximum absolute atomic E-state index is 12.9. The van der Waals surface area contributed by atoms with E-state index < -0.39 is 33.7 Å². The number of hydrogen-bond acceptors (Lipinski definition) is 8. The van der Waals surface area contributed by atoms with Gasteiger partial charge < -0.3 is 10.4 Å². The third-order valence-electron chi connectivity index (χ3n) is 4.72. The molecule has 1 saturated heterocycles. The number of anilines is 2. The van der Waals surface area contributed by atoms with E-state index in [1.165, 1.54) is 10.9 Å². The van der Waals surface area contributed by atoms with Crippen LogP contribution in [-0.4, -0.2) is 56.1 Å². The number of aliphatic hydroxyl groups excluding tert-OH is 1. The van der Waals surface area contributed by atoms with Gasteiger partial charge in [0, 0.05) is 6.20 Å². The van der Waals surface area contributed by atoms with Crippen LogP contribution >= 0.6 is 0 Å². The van der Waals surface area contributed by atoms with Crippen molar-refractivity contribution in [2.45, 2.75) is 25.2 Å². The summed E-state index contributed by atoms with van der Waals surface area (Å²) in [5.74, 6) is -0.360. The van der Waals surface area contributed by atoms with Crippen molar-refractivity contribution in [3.8, 4) is 11.4 Å². The van der Waals surface area contributed by atoms with E-state index in [0.717, 1.165) is 23.9 Å². The average molecular weight is 454 g/mol. The molecule has 0 aromatic carbocycles. The molecule has 2 atom stereocenters. The Morgan fingerprint density at radius 1 is 1.16 bits per heavy atom. The Morgan fingerprint density at radius 3 is 2.61 bits per heavy atom. The van der Waals surface area contributed by atoms with Gasteiger partial charge in [0.05, 0.1) is 41.1 Å². The molecule has 0 aliphatic carbocycles. The number of halogens is 3. The van der Waals surface area contributed by atoms with Crippen molar-refractivity contribution in [2.24, 2.45) is 0 Å². The zero-order valence-corrected chi connectivity index (χ0v) is 16.9. The number of hydrogen-bond donors (Lipinski definition) is 2. The first-order valence-corrected chi connectivity index (χ1v) is 10.9. The summed E-state index contributed by atoms with van der Waals surface area (Å²) in [5, 5.41) is 20.7. The van der Waals surface area contributed by atoms with Gasteiger partial charge in [0.2, 0.25) is 0 Å². The number of aryl methyl sites for hydroxylation is 1. The fraction of sp³-hybridized carbons (Fsp3) is 0.333. The van der Waals surface area contributed by atoms with Crippen molar-refractivity contribution in [1.29, 1.82) is 0 Å². The Balaban J connectivity index is 1.60. The highest BCUT2D eigenvalue weighted by Gasteiger charge is 2.38. The normalized spacial score (nSPS) is 20.7. The second-order valence-electron chi connectivity index (χ2n) is 7.26. The van der Waals surface area contributed by atoms with Gasteiger partial charge >= 0.3 is 6.18 Å². The average Bonchev–Trinajstić information content (AvgIpc) is 3.24. The molecule has 9 nitrogen and oxygen atoms in total. The molecule has 0 saturated carbocycles. The maximum Gasteiger partial charge on any atom is 0.416 e. The van der Waals surface area contributed by atoms with Gasteiger partial charge in [0.25, 0.3) is 0 Å². The fourth-order valence-electron chi connectivity index (χ4n) is 3.29. The van der Waals surface area contributed by atoms with Crippen LogP contribution in [0.4, 0.5) is 24.8 Å². The van der Waals surface area contributed by atoms with Crippen LogP contribution < -0.4 is 5.32 Å². The molecule has 4 heterocycles. The van der Waals surface area contributed by atoms with Crippen LogP contribution in [0.25, 0.3) is 11.4 Å². The van der Waals surface area contributed by atoms with Crippen LogP contribution in [0.2, 0.25) is 0 Å². The SMILES string of the molecule is Cc1cc(Nc2cc(C(F)(F)F)ccn2)nc(-c2cn(C3CS(=O)(=O)CC3O)nn2)c1. The number of nitrogens with zero attached hydrogens (tertiary/aromatic N) is 5. The Labute approximate surface area is 174 Å². The third-order valence-corrected chi connectivity index (χ3v) is 6.42. The molecular formula is C18H17F3N6O3S. The minimum absolute atomic E-state index is 0.0261. The van der Waals surface area contributed by atoms with Gasteiger partial charge in [-0.2, -0.15) is 13.2 Å². The van der Waals surface area contributed by atoms with Gasteiger partial charge in [0.15, 0.2) is 9.84 Å². The number of sulfone groups is 1. The molecule has 164 valence electrons. The Morgan fingerprint density at radius 2 is 1.94 bits per heavy atom. The van der Waals surface area contributed by atoms with E-state index in [9.17, 15) is 26.7 Å². The molecular weight excluding hydrogens is 437 g/mol. The van der Waals surface area contributed by atoms with E-state index >= 15 is 0 Å². The van der Waals surface area contributed by atoms with E-state index in [2.05, 4.69) is 25.6 Å². The van der Waals surface area contributed by atoms with Crippen molar-refractivity contribution in [1.82, 2.24) is 25.0 Å². The molecule has 1 fully saturated rings. The quantitative estimate of drug-likeness (QED) is 0.615. The molecule has 2 N–H and O–H groups in total. The third kappa shape index (κ3) is 4.66. The Hall–Kier alpha value is -3.06. The zero-order valence-electron chi connectivity index (χ0n) is 16.1. The van der Waals surface area contributed by atoms with E-state index in [0.29, 0.717) is 11.4 Å². The predicted molar refractivity (Wildman–Crippen MR) is 104 cm³/mol. The van der Waals surface area contributed by atoms with Gasteiger partial charge in [-0.25, -0.2) is 23.1 Å². The highest BCUT2D eigenvalue weighted by molar-refractivity contribution is 7.91. The smallest absolute Gasteiger partial charge is 0.390 e. The highest BCUT2D eigenvalue weighted by Crippen LogP contribution is 2.31. The van der Waals surface area contributed by atoms with Crippen molar-refractivity contribution >= 4 is 21.5 Å². The van der Waals surface area contributed by atoms with Crippen LogP contribution in [-0.2, 0) is 16.0 Å². The van der Waals surface area contributed by atoms with Crippen LogP contribution in [0.15, 0.2) is 36.7 Å². The maximum atomic E-state index is 12.9. The Bertz CT molecular complexity index is 1230. The molecule has 1 aliphatic heterocycles. The summed E-state index contributed by atoms with van der Waals surface area (Å²) < 4.78 is 63.5. The van der Waals surface area contributed by atoms with Crippen LogP contribution in [0.3, 0.4) is 0 Å². The van der Waals surface area contributed by atoms with Gasteiger partial charge in [-0.15, -0.1) is 5.10 Å². The molecule has 13 heteroatoms. The summed E-state index contributed by atoms with van der Waals surface area (Å²) in [6.07, 6.45) is -3.06. The van der Waals surface area contributed by atoms with Crippen molar-refractivity contribution < 1.29 is 26.7 Å². The zero-order chi connectivity index (χ0) is 22.4. The van der Waals surface area contributed by atoms with Crippen molar-refractivity contribution in [3.05, 3.63) is 47.8 Å². The van der Waals surface area contributed by atoms with Gasteiger partial charge in [-0.3, -0.25) is 0 Å². The lowest BCUT2D eigenvalue weighted by Gasteiger charge is -2.11. The molecule has 0 radical (unpaired) electrons.